The number of fused-ring (bicyclic) bond motifs is 1. The van der Waals surface area contributed by atoms with Crippen LogP contribution in [0.1, 0.15) is 45.2 Å². The number of hydrogen-bond donors (Lipinski definition) is 1. The molecule has 1 heterocycles. The lowest BCUT2D eigenvalue weighted by atomic mass is 10.0. The van der Waals surface area contributed by atoms with E-state index in [-0.39, 0.29) is 6.10 Å². The minimum Gasteiger partial charge on any atom is -0.493 e. The summed E-state index contributed by atoms with van der Waals surface area (Å²) in [5.41, 5.74) is 3.76. The van der Waals surface area contributed by atoms with Crippen LogP contribution in [0.5, 0.6) is 11.5 Å². The molecule has 1 aliphatic heterocycles. The molecule has 0 radical (unpaired) electrons. The van der Waals surface area contributed by atoms with Gasteiger partial charge in [-0.25, -0.2) is 0 Å². The van der Waals surface area contributed by atoms with Gasteiger partial charge in [-0.2, -0.15) is 0 Å². The maximum absolute atomic E-state index is 5.88. The van der Waals surface area contributed by atoms with Crippen molar-refractivity contribution < 1.29 is 9.47 Å². The normalized spacial score (nSPS) is 17.5. The summed E-state index contributed by atoms with van der Waals surface area (Å²) in [6.07, 6.45) is 4.51. The molecule has 0 bridgehead atoms. The van der Waals surface area contributed by atoms with Crippen LogP contribution >= 0.6 is 0 Å². The Balaban J connectivity index is 2.32. The maximum Gasteiger partial charge on any atom is 0.127 e. The van der Waals surface area contributed by atoms with Gasteiger partial charge in [0.2, 0.25) is 0 Å². The molecule has 0 spiro atoms. The largest absolute Gasteiger partial charge is 0.493 e. The Kier molecular flexibility index (Phi) is 5.68. The molecule has 0 saturated carbocycles. The van der Waals surface area contributed by atoms with Crippen molar-refractivity contribution in [2.45, 2.75) is 46.6 Å². The molecule has 1 aromatic carbocycles. The Labute approximate surface area is 128 Å². The Hall–Kier alpha value is -1.48. The molecule has 0 amide bonds. The zero-order valence-corrected chi connectivity index (χ0v) is 13.7. The van der Waals surface area contributed by atoms with Crippen LogP contribution < -0.4 is 14.8 Å². The van der Waals surface area contributed by atoms with E-state index in [4.69, 9.17) is 9.47 Å². The third-order valence-corrected chi connectivity index (χ3v) is 3.74. The summed E-state index contributed by atoms with van der Waals surface area (Å²) in [7, 11) is 0. The second-order valence-electron chi connectivity index (χ2n) is 5.50. The molecule has 116 valence electrons. The van der Waals surface area contributed by atoms with E-state index >= 15 is 0 Å². The molecule has 0 aromatic heterocycles. The second-order valence-corrected chi connectivity index (χ2v) is 5.50. The Morgan fingerprint density at radius 1 is 1.38 bits per heavy atom. The van der Waals surface area contributed by atoms with Crippen molar-refractivity contribution in [1.82, 2.24) is 5.32 Å². The van der Waals surface area contributed by atoms with Crippen molar-refractivity contribution in [3.05, 3.63) is 28.8 Å². The van der Waals surface area contributed by atoms with Crippen molar-refractivity contribution in [1.29, 1.82) is 0 Å². The summed E-state index contributed by atoms with van der Waals surface area (Å²) < 4.78 is 11.7. The van der Waals surface area contributed by atoms with Gasteiger partial charge in [0.15, 0.2) is 0 Å². The first-order chi connectivity index (χ1) is 10.2. The summed E-state index contributed by atoms with van der Waals surface area (Å²) in [6, 6.07) is 4.28. The van der Waals surface area contributed by atoms with Gasteiger partial charge in [0.05, 0.1) is 6.61 Å². The lowest BCUT2D eigenvalue weighted by molar-refractivity contribution is 0.254. The third kappa shape index (κ3) is 4.01. The van der Waals surface area contributed by atoms with Gasteiger partial charge in [0, 0.05) is 24.1 Å². The lowest BCUT2D eigenvalue weighted by Crippen LogP contribution is -2.15. The van der Waals surface area contributed by atoms with Gasteiger partial charge in [-0.05, 0) is 38.9 Å². The molecule has 1 aliphatic rings. The Bertz CT molecular complexity index is 508. The van der Waals surface area contributed by atoms with E-state index < -0.39 is 0 Å². The Morgan fingerprint density at radius 3 is 2.86 bits per heavy atom. The summed E-state index contributed by atoms with van der Waals surface area (Å²) in [5, 5.41) is 3.39. The van der Waals surface area contributed by atoms with Gasteiger partial charge in [0.1, 0.15) is 17.6 Å². The topological polar surface area (TPSA) is 30.5 Å². The Morgan fingerprint density at radius 2 is 2.19 bits per heavy atom. The minimum absolute atomic E-state index is 0.265. The summed E-state index contributed by atoms with van der Waals surface area (Å²) in [6.45, 7) is 11.1. The van der Waals surface area contributed by atoms with Crippen LogP contribution in [0.3, 0.4) is 0 Å². The number of ether oxygens (including phenoxy) is 2. The smallest absolute Gasteiger partial charge is 0.127 e. The van der Waals surface area contributed by atoms with E-state index in [9.17, 15) is 0 Å². The van der Waals surface area contributed by atoms with E-state index in [2.05, 4.69) is 44.3 Å². The molecule has 3 heteroatoms. The molecule has 1 aromatic rings. The standard InChI is InChI=1S/C18H27NO2/c1-5-14(12-19-6-2)9-16-11-18-15(8-13(4)21-18)10-17(16)20-7-3/h9-11,13,19H,5-8,12H2,1-4H3. The fraction of sp³-hybridized carbons (Fsp3) is 0.556. The number of rotatable bonds is 7. The SMILES string of the molecule is CCNCC(=Cc1cc2c(cc1OCC)CC(C)O2)CC. The van der Waals surface area contributed by atoms with E-state index in [0.29, 0.717) is 6.61 Å². The molecular formula is C18H27NO2. The van der Waals surface area contributed by atoms with Crippen LogP contribution in [0, 0.1) is 0 Å². The molecular weight excluding hydrogens is 262 g/mol. The minimum atomic E-state index is 0.265. The van der Waals surface area contributed by atoms with Crippen molar-refractivity contribution >= 4 is 6.08 Å². The van der Waals surface area contributed by atoms with Gasteiger partial charge in [0.25, 0.3) is 0 Å². The highest BCUT2D eigenvalue weighted by Gasteiger charge is 2.21. The summed E-state index contributed by atoms with van der Waals surface area (Å²) in [4.78, 5) is 0. The number of nitrogens with one attached hydrogen (secondary N) is 1. The quantitative estimate of drug-likeness (QED) is 0.828. The van der Waals surface area contributed by atoms with E-state index in [0.717, 1.165) is 43.0 Å². The fourth-order valence-corrected chi connectivity index (χ4v) is 2.63. The lowest BCUT2D eigenvalue weighted by Gasteiger charge is -2.12. The van der Waals surface area contributed by atoms with Crippen LogP contribution in [0.15, 0.2) is 17.7 Å². The van der Waals surface area contributed by atoms with Crippen LogP contribution in [0.2, 0.25) is 0 Å². The van der Waals surface area contributed by atoms with Crippen molar-refractivity contribution in [3.63, 3.8) is 0 Å². The van der Waals surface area contributed by atoms with Crippen LogP contribution in [-0.4, -0.2) is 25.8 Å². The molecule has 0 saturated heterocycles. The molecule has 21 heavy (non-hydrogen) atoms. The van der Waals surface area contributed by atoms with Gasteiger partial charge < -0.3 is 14.8 Å². The highest BCUT2D eigenvalue weighted by molar-refractivity contribution is 5.64. The van der Waals surface area contributed by atoms with E-state index in [1.165, 1.54) is 11.1 Å². The van der Waals surface area contributed by atoms with Gasteiger partial charge in [-0.15, -0.1) is 0 Å². The van der Waals surface area contributed by atoms with Gasteiger partial charge >= 0.3 is 0 Å². The van der Waals surface area contributed by atoms with Crippen LogP contribution in [0.4, 0.5) is 0 Å². The fourth-order valence-electron chi connectivity index (χ4n) is 2.63. The second kappa shape index (κ2) is 7.51. The predicted molar refractivity (Wildman–Crippen MR) is 88.2 cm³/mol. The highest BCUT2D eigenvalue weighted by atomic mass is 16.5. The first-order valence-electron chi connectivity index (χ1n) is 8.04. The van der Waals surface area contributed by atoms with Gasteiger partial charge in [-0.1, -0.05) is 25.5 Å². The average Bonchev–Trinajstić information content (AvgIpc) is 2.82. The molecule has 1 atom stereocenters. The maximum atomic E-state index is 5.88. The number of likely N-dealkylation sites (N-methyl/N-ethyl adjacent to an activating group) is 1. The zero-order chi connectivity index (χ0) is 15.2. The van der Waals surface area contributed by atoms with Crippen LogP contribution in [0.25, 0.3) is 6.08 Å². The number of benzene rings is 1. The monoisotopic (exact) mass is 289 g/mol. The highest BCUT2D eigenvalue weighted by Crippen LogP contribution is 2.36. The number of hydrogen-bond acceptors (Lipinski definition) is 3. The molecule has 0 fully saturated rings. The van der Waals surface area contributed by atoms with E-state index in [1.807, 2.05) is 6.92 Å². The molecule has 1 N–H and O–H groups in total. The summed E-state index contributed by atoms with van der Waals surface area (Å²) in [5.74, 6) is 1.98. The average molecular weight is 289 g/mol. The van der Waals surface area contributed by atoms with E-state index in [1.54, 1.807) is 0 Å². The molecule has 1 unspecified atom stereocenters. The van der Waals surface area contributed by atoms with Crippen LogP contribution in [-0.2, 0) is 6.42 Å². The molecule has 3 nitrogen and oxygen atoms in total. The van der Waals surface area contributed by atoms with Crippen molar-refractivity contribution in [2.24, 2.45) is 0 Å². The third-order valence-electron chi connectivity index (χ3n) is 3.74. The van der Waals surface area contributed by atoms with Crippen molar-refractivity contribution in [2.75, 3.05) is 19.7 Å². The first-order valence-corrected chi connectivity index (χ1v) is 8.04. The molecule has 2 rings (SSSR count). The predicted octanol–water partition coefficient (Wildman–Crippen LogP) is 3.81. The summed E-state index contributed by atoms with van der Waals surface area (Å²) >= 11 is 0. The molecule has 0 aliphatic carbocycles. The van der Waals surface area contributed by atoms with Crippen molar-refractivity contribution in [3.8, 4) is 11.5 Å². The zero-order valence-electron chi connectivity index (χ0n) is 13.7. The van der Waals surface area contributed by atoms with Gasteiger partial charge in [-0.3, -0.25) is 0 Å². The first kappa shape index (κ1) is 15.9.